The molecule has 162 valence electrons. The quantitative estimate of drug-likeness (QED) is 0.351. The van der Waals surface area contributed by atoms with Gasteiger partial charge in [-0.05, 0) is 37.8 Å². The SMILES string of the molecule is Cc1ccc(C(=N)C(N)=O)c(NCC(=O)N2CCCC2C(=O)NCC2CC2(Cl)Cl)c1. The molecular weight excluding hydrogens is 429 g/mol. The summed E-state index contributed by atoms with van der Waals surface area (Å²) in [5.74, 6) is -1.25. The van der Waals surface area contributed by atoms with Gasteiger partial charge in [0.15, 0.2) is 0 Å². The number of likely N-dealkylation sites (tertiary alicyclic amines) is 1. The summed E-state index contributed by atoms with van der Waals surface area (Å²) in [6.45, 7) is 2.68. The molecule has 1 heterocycles. The molecule has 1 saturated heterocycles. The summed E-state index contributed by atoms with van der Waals surface area (Å²) >= 11 is 12.0. The maximum absolute atomic E-state index is 12.8. The zero-order valence-electron chi connectivity index (χ0n) is 16.6. The minimum Gasteiger partial charge on any atom is -0.376 e. The number of alkyl halides is 2. The molecule has 30 heavy (non-hydrogen) atoms. The number of nitrogens with one attached hydrogen (secondary N) is 3. The number of aryl methyl sites for hydroxylation is 1. The van der Waals surface area contributed by atoms with Crippen molar-refractivity contribution < 1.29 is 14.4 Å². The van der Waals surface area contributed by atoms with Gasteiger partial charge in [0, 0.05) is 30.3 Å². The molecule has 0 spiro atoms. The maximum Gasteiger partial charge on any atom is 0.267 e. The second-order valence-electron chi connectivity index (χ2n) is 7.79. The number of benzene rings is 1. The predicted molar refractivity (Wildman–Crippen MR) is 116 cm³/mol. The lowest BCUT2D eigenvalue weighted by atomic mass is 10.0. The van der Waals surface area contributed by atoms with Crippen LogP contribution in [0.5, 0.6) is 0 Å². The largest absolute Gasteiger partial charge is 0.376 e. The number of anilines is 1. The number of carbonyl (C=O) groups is 3. The van der Waals surface area contributed by atoms with Crippen LogP contribution in [0, 0.1) is 18.3 Å². The summed E-state index contributed by atoms with van der Waals surface area (Å²) in [6.07, 6.45) is 1.98. The molecule has 2 unspecified atom stereocenters. The highest BCUT2D eigenvalue weighted by Crippen LogP contribution is 2.52. The molecule has 1 aromatic rings. The van der Waals surface area contributed by atoms with Gasteiger partial charge in [0.1, 0.15) is 16.1 Å². The average Bonchev–Trinajstić information content (AvgIpc) is 3.06. The smallest absolute Gasteiger partial charge is 0.267 e. The topological polar surface area (TPSA) is 128 Å². The number of carbonyl (C=O) groups excluding carboxylic acids is 3. The van der Waals surface area contributed by atoms with Gasteiger partial charge < -0.3 is 21.3 Å². The molecule has 1 saturated carbocycles. The Labute approximate surface area is 185 Å². The normalized spacial score (nSPS) is 21.8. The second kappa shape index (κ2) is 8.81. The van der Waals surface area contributed by atoms with Crippen LogP contribution in [0.25, 0.3) is 0 Å². The number of halogens is 2. The van der Waals surface area contributed by atoms with E-state index >= 15 is 0 Å². The molecule has 8 nitrogen and oxygen atoms in total. The van der Waals surface area contributed by atoms with Crippen molar-refractivity contribution in [1.82, 2.24) is 10.2 Å². The lowest BCUT2D eigenvalue weighted by Crippen LogP contribution is -2.48. The lowest BCUT2D eigenvalue weighted by Gasteiger charge is -2.24. The fraction of sp³-hybridized carbons (Fsp3) is 0.500. The van der Waals surface area contributed by atoms with Gasteiger partial charge in [0.25, 0.3) is 5.91 Å². The number of rotatable bonds is 8. The number of nitrogens with zero attached hydrogens (tertiary/aromatic N) is 1. The van der Waals surface area contributed by atoms with E-state index in [0.29, 0.717) is 37.2 Å². The van der Waals surface area contributed by atoms with Crippen molar-refractivity contribution >= 4 is 52.3 Å². The van der Waals surface area contributed by atoms with Crippen molar-refractivity contribution in [3.05, 3.63) is 29.3 Å². The molecule has 2 atom stereocenters. The molecule has 3 rings (SSSR count). The van der Waals surface area contributed by atoms with Crippen LogP contribution >= 0.6 is 23.2 Å². The summed E-state index contributed by atoms with van der Waals surface area (Å²) in [5, 5.41) is 13.7. The highest BCUT2D eigenvalue weighted by atomic mass is 35.5. The molecule has 1 aliphatic carbocycles. The molecule has 1 aliphatic heterocycles. The van der Waals surface area contributed by atoms with E-state index in [9.17, 15) is 14.4 Å². The number of hydrogen-bond acceptors (Lipinski definition) is 5. The van der Waals surface area contributed by atoms with Crippen LogP contribution < -0.4 is 16.4 Å². The van der Waals surface area contributed by atoms with E-state index in [1.165, 1.54) is 0 Å². The Kier molecular flexibility index (Phi) is 6.57. The first-order valence-corrected chi connectivity index (χ1v) is 10.5. The van der Waals surface area contributed by atoms with Crippen LogP contribution in [0.15, 0.2) is 18.2 Å². The Bertz CT molecular complexity index is 889. The van der Waals surface area contributed by atoms with E-state index in [1.807, 2.05) is 6.92 Å². The molecule has 0 bridgehead atoms. The Morgan fingerprint density at radius 1 is 1.33 bits per heavy atom. The van der Waals surface area contributed by atoms with Gasteiger partial charge in [0.2, 0.25) is 11.8 Å². The third-order valence-electron chi connectivity index (χ3n) is 5.48. The third kappa shape index (κ3) is 5.05. The monoisotopic (exact) mass is 453 g/mol. The standard InChI is InChI=1S/C20H25Cl2N5O3/c1-11-4-5-13(17(23)18(24)29)14(7-11)25-10-16(28)27-6-2-3-15(27)19(30)26-9-12-8-20(12,21)22/h4-5,7,12,15,23,25H,2-3,6,8-10H2,1H3,(H2,24,29)(H,26,30). The first kappa shape index (κ1) is 22.4. The molecule has 5 N–H and O–H groups in total. The number of hydrogen-bond donors (Lipinski definition) is 4. The van der Waals surface area contributed by atoms with Crippen molar-refractivity contribution in [2.45, 2.75) is 36.6 Å². The van der Waals surface area contributed by atoms with Crippen molar-refractivity contribution in [2.75, 3.05) is 25.0 Å². The van der Waals surface area contributed by atoms with Crippen molar-refractivity contribution in [3.8, 4) is 0 Å². The molecular formula is C20H25Cl2N5O3. The van der Waals surface area contributed by atoms with Gasteiger partial charge in [-0.3, -0.25) is 19.8 Å². The zero-order valence-corrected chi connectivity index (χ0v) is 18.1. The second-order valence-corrected chi connectivity index (χ2v) is 9.34. The first-order chi connectivity index (χ1) is 14.1. The molecule has 0 aromatic heterocycles. The summed E-state index contributed by atoms with van der Waals surface area (Å²) in [6, 6.07) is 4.59. The summed E-state index contributed by atoms with van der Waals surface area (Å²) in [7, 11) is 0. The van der Waals surface area contributed by atoms with E-state index in [0.717, 1.165) is 12.0 Å². The minimum atomic E-state index is -0.849. The molecule has 2 fully saturated rings. The Balaban J connectivity index is 1.60. The molecule has 10 heteroatoms. The number of nitrogens with two attached hydrogens (primary N) is 1. The van der Waals surface area contributed by atoms with Crippen LogP contribution in [-0.4, -0.2) is 58.3 Å². The zero-order chi connectivity index (χ0) is 22.1. The number of amides is 3. The Morgan fingerprint density at radius 3 is 2.67 bits per heavy atom. The fourth-order valence-corrected chi connectivity index (χ4v) is 4.12. The minimum absolute atomic E-state index is 0.0392. The van der Waals surface area contributed by atoms with Gasteiger partial charge in [0.05, 0.1) is 6.54 Å². The lowest BCUT2D eigenvalue weighted by molar-refractivity contribution is -0.137. The van der Waals surface area contributed by atoms with E-state index < -0.39 is 16.3 Å². The van der Waals surface area contributed by atoms with Crippen LogP contribution in [0.1, 0.15) is 30.4 Å². The van der Waals surface area contributed by atoms with Gasteiger partial charge >= 0.3 is 0 Å². The van der Waals surface area contributed by atoms with Gasteiger partial charge in [-0.25, -0.2) is 0 Å². The molecule has 3 amide bonds. The predicted octanol–water partition coefficient (Wildman–Crippen LogP) is 1.56. The highest BCUT2D eigenvalue weighted by Gasteiger charge is 2.51. The van der Waals surface area contributed by atoms with E-state index in [-0.39, 0.29) is 30.0 Å². The molecule has 2 aliphatic rings. The Hall–Kier alpha value is -2.32. The molecule has 1 aromatic carbocycles. The van der Waals surface area contributed by atoms with E-state index in [2.05, 4.69) is 10.6 Å². The van der Waals surface area contributed by atoms with E-state index in [4.69, 9.17) is 34.3 Å². The summed E-state index contributed by atoms with van der Waals surface area (Å²) in [4.78, 5) is 38.3. The van der Waals surface area contributed by atoms with Crippen LogP contribution in [-0.2, 0) is 14.4 Å². The maximum atomic E-state index is 12.8. The molecule has 0 radical (unpaired) electrons. The highest BCUT2D eigenvalue weighted by molar-refractivity contribution is 6.50. The van der Waals surface area contributed by atoms with Crippen molar-refractivity contribution in [3.63, 3.8) is 0 Å². The summed E-state index contributed by atoms with van der Waals surface area (Å²) in [5.41, 5.74) is 6.59. The first-order valence-electron chi connectivity index (χ1n) is 9.78. The van der Waals surface area contributed by atoms with Gasteiger partial charge in [-0.15, -0.1) is 23.2 Å². The van der Waals surface area contributed by atoms with Gasteiger partial charge in [-0.2, -0.15) is 0 Å². The average molecular weight is 454 g/mol. The van der Waals surface area contributed by atoms with E-state index in [1.54, 1.807) is 23.1 Å². The van der Waals surface area contributed by atoms with Gasteiger partial charge in [-0.1, -0.05) is 12.1 Å². The van der Waals surface area contributed by atoms with Crippen molar-refractivity contribution in [2.24, 2.45) is 11.7 Å². The van der Waals surface area contributed by atoms with Crippen LogP contribution in [0.4, 0.5) is 5.69 Å². The van der Waals surface area contributed by atoms with Crippen LogP contribution in [0.2, 0.25) is 0 Å². The fourth-order valence-electron chi connectivity index (χ4n) is 3.60. The third-order valence-corrected chi connectivity index (χ3v) is 6.40. The Morgan fingerprint density at radius 2 is 2.03 bits per heavy atom. The van der Waals surface area contributed by atoms with Crippen LogP contribution in [0.3, 0.4) is 0 Å². The van der Waals surface area contributed by atoms with Crippen molar-refractivity contribution in [1.29, 1.82) is 5.41 Å². The number of primary amides is 1. The summed E-state index contributed by atoms with van der Waals surface area (Å²) < 4.78 is -0.757.